The average molecular weight is 301 g/mol. The number of likely N-dealkylation sites (N-methyl/N-ethyl adjacent to an activating group) is 1. The zero-order valence-electron chi connectivity index (χ0n) is 11.5. The highest BCUT2D eigenvalue weighted by Crippen LogP contribution is 2.15. The molecule has 0 amide bonds. The Bertz CT molecular complexity index is 544. The summed E-state index contributed by atoms with van der Waals surface area (Å²) in [5.74, 6) is -0.540. The third kappa shape index (κ3) is 3.76. The largest absolute Gasteiger partial charge is 0.314 e. The Kier molecular flexibility index (Phi) is 5.09. The first kappa shape index (κ1) is 15.4. The highest BCUT2D eigenvalue weighted by molar-refractivity contribution is 7.89. The lowest BCUT2D eigenvalue weighted by Gasteiger charge is -2.28. The van der Waals surface area contributed by atoms with Gasteiger partial charge in [0.2, 0.25) is 10.0 Å². The van der Waals surface area contributed by atoms with Crippen LogP contribution in [0.3, 0.4) is 0 Å². The minimum Gasteiger partial charge on any atom is -0.314 e. The van der Waals surface area contributed by atoms with E-state index in [9.17, 15) is 12.8 Å². The van der Waals surface area contributed by atoms with Crippen molar-refractivity contribution < 1.29 is 12.8 Å². The van der Waals surface area contributed by atoms with Crippen LogP contribution in [0.15, 0.2) is 29.2 Å². The second-order valence-corrected chi connectivity index (χ2v) is 6.92. The van der Waals surface area contributed by atoms with Crippen LogP contribution >= 0.6 is 0 Å². The van der Waals surface area contributed by atoms with Crippen LogP contribution in [0.4, 0.5) is 4.39 Å². The highest BCUT2D eigenvalue weighted by atomic mass is 32.2. The van der Waals surface area contributed by atoms with Crippen molar-refractivity contribution in [3.05, 3.63) is 30.1 Å². The van der Waals surface area contributed by atoms with Gasteiger partial charge in [0.25, 0.3) is 0 Å². The van der Waals surface area contributed by atoms with Gasteiger partial charge in [-0.1, -0.05) is 6.07 Å². The van der Waals surface area contributed by atoms with Crippen molar-refractivity contribution in [3.63, 3.8) is 0 Å². The Hall–Kier alpha value is -1.02. The second kappa shape index (κ2) is 6.62. The number of benzene rings is 1. The number of sulfonamides is 1. The normalized spacial score (nSPS) is 17.6. The molecule has 1 aliphatic heterocycles. The molecule has 20 heavy (non-hydrogen) atoms. The Morgan fingerprint density at radius 3 is 2.70 bits per heavy atom. The van der Waals surface area contributed by atoms with Gasteiger partial charge in [-0.15, -0.1) is 0 Å². The first-order valence-corrected chi connectivity index (χ1v) is 8.09. The van der Waals surface area contributed by atoms with Gasteiger partial charge in [0, 0.05) is 46.3 Å². The fraction of sp³-hybridized carbons (Fsp3) is 0.538. The quantitative estimate of drug-likeness (QED) is 0.853. The number of halogens is 1. The number of hydrogen-bond donors (Lipinski definition) is 1. The summed E-state index contributed by atoms with van der Waals surface area (Å²) in [5, 5.41) is 3.25. The first-order chi connectivity index (χ1) is 9.50. The molecule has 0 aromatic heterocycles. The predicted octanol–water partition coefficient (Wildman–Crippen LogP) is 0.351. The fourth-order valence-electron chi connectivity index (χ4n) is 2.14. The molecule has 2 rings (SSSR count). The summed E-state index contributed by atoms with van der Waals surface area (Å²) >= 11 is 0. The Morgan fingerprint density at radius 2 is 2.05 bits per heavy atom. The lowest BCUT2D eigenvalue weighted by molar-refractivity contribution is 0.229. The van der Waals surface area contributed by atoms with Crippen LogP contribution in [0, 0.1) is 5.82 Å². The summed E-state index contributed by atoms with van der Waals surface area (Å²) in [5.41, 5.74) is 0. The molecule has 0 unspecified atom stereocenters. The minimum atomic E-state index is -3.61. The number of nitrogens with one attached hydrogen (secondary N) is 1. The summed E-state index contributed by atoms with van der Waals surface area (Å²) in [7, 11) is -2.08. The molecule has 1 fully saturated rings. The average Bonchev–Trinajstić information content (AvgIpc) is 2.45. The Morgan fingerprint density at radius 1 is 1.35 bits per heavy atom. The van der Waals surface area contributed by atoms with Crippen LogP contribution in [0.5, 0.6) is 0 Å². The number of piperazine rings is 1. The molecular weight excluding hydrogens is 281 g/mol. The number of rotatable bonds is 5. The lowest BCUT2D eigenvalue weighted by atomic mass is 10.3. The fourth-order valence-corrected chi connectivity index (χ4v) is 3.34. The summed E-state index contributed by atoms with van der Waals surface area (Å²) in [6.07, 6.45) is 0. The molecular formula is C13H20FN3O2S. The Labute approximate surface area is 119 Å². The highest BCUT2D eigenvalue weighted by Gasteiger charge is 2.22. The van der Waals surface area contributed by atoms with Gasteiger partial charge in [-0.2, -0.15) is 4.31 Å². The van der Waals surface area contributed by atoms with Crippen LogP contribution in [0.25, 0.3) is 0 Å². The summed E-state index contributed by atoms with van der Waals surface area (Å²) < 4.78 is 39.0. The molecule has 0 spiro atoms. The van der Waals surface area contributed by atoms with Gasteiger partial charge in [0.1, 0.15) is 5.82 Å². The standard InChI is InChI=1S/C13H20FN3O2S/c1-16(9-10-17-7-5-15-6-8-17)20(18,19)13-4-2-3-12(14)11-13/h2-4,11,15H,5-10H2,1H3. The van der Waals surface area contributed by atoms with E-state index in [-0.39, 0.29) is 4.90 Å². The maximum absolute atomic E-state index is 13.1. The van der Waals surface area contributed by atoms with Crippen molar-refractivity contribution in [2.24, 2.45) is 0 Å². The molecule has 0 atom stereocenters. The first-order valence-electron chi connectivity index (χ1n) is 6.65. The van der Waals surface area contributed by atoms with E-state index in [1.807, 2.05) is 0 Å². The zero-order valence-corrected chi connectivity index (χ0v) is 12.4. The molecule has 1 aliphatic rings. The van der Waals surface area contributed by atoms with E-state index in [1.165, 1.54) is 29.6 Å². The van der Waals surface area contributed by atoms with Gasteiger partial charge < -0.3 is 5.32 Å². The van der Waals surface area contributed by atoms with E-state index in [2.05, 4.69) is 10.2 Å². The SMILES string of the molecule is CN(CCN1CCNCC1)S(=O)(=O)c1cccc(F)c1. The van der Waals surface area contributed by atoms with Gasteiger partial charge in [-0.3, -0.25) is 4.90 Å². The van der Waals surface area contributed by atoms with E-state index in [0.717, 1.165) is 32.2 Å². The van der Waals surface area contributed by atoms with E-state index in [0.29, 0.717) is 13.1 Å². The molecule has 1 aromatic rings. The Balaban J connectivity index is 1.98. The van der Waals surface area contributed by atoms with E-state index in [4.69, 9.17) is 0 Å². The maximum atomic E-state index is 13.1. The summed E-state index contributed by atoms with van der Waals surface area (Å²) in [6.45, 7) is 4.80. The van der Waals surface area contributed by atoms with Gasteiger partial charge >= 0.3 is 0 Å². The van der Waals surface area contributed by atoms with Gasteiger partial charge in [0.05, 0.1) is 4.90 Å². The number of nitrogens with zero attached hydrogens (tertiary/aromatic N) is 2. The molecule has 1 aromatic carbocycles. The predicted molar refractivity (Wildman–Crippen MR) is 75.5 cm³/mol. The van der Waals surface area contributed by atoms with Crippen LogP contribution in [-0.4, -0.2) is 63.9 Å². The molecule has 1 saturated heterocycles. The van der Waals surface area contributed by atoms with Crippen molar-refractivity contribution in [1.82, 2.24) is 14.5 Å². The van der Waals surface area contributed by atoms with Gasteiger partial charge in [0.15, 0.2) is 0 Å². The lowest BCUT2D eigenvalue weighted by Crippen LogP contribution is -2.46. The van der Waals surface area contributed by atoms with Crippen LogP contribution in [0.2, 0.25) is 0 Å². The maximum Gasteiger partial charge on any atom is 0.242 e. The molecule has 7 heteroatoms. The molecule has 0 radical (unpaired) electrons. The van der Waals surface area contributed by atoms with Crippen molar-refractivity contribution in [3.8, 4) is 0 Å². The van der Waals surface area contributed by atoms with E-state index in [1.54, 1.807) is 0 Å². The molecule has 0 bridgehead atoms. The van der Waals surface area contributed by atoms with E-state index < -0.39 is 15.8 Å². The topological polar surface area (TPSA) is 52.6 Å². The van der Waals surface area contributed by atoms with Crippen LogP contribution in [0.1, 0.15) is 0 Å². The number of hydrogen-bond acceptors (Lipinski definition) is 4. The van der Waals surface area contributed by atoms with Crippen LogP contribution < -0.4 is 5.32 Å². The smallest absolute Gasteiger partial charge is 0.242 e. The molecule has 1 N–H and O–H groups in total. The third-order valence-corrected chi connectivity index (χ3v) is 5.30. The monoisotopic (exact) mass is 301 g/mol. The molecule has 5 nitrogen and oxygen atoms in total. The second-order valence-electron chi connectivity index (χ2n) is 4.88. The van der Waals surface area contributed by atoms with Crippen LogP contribution in [-0.2, 0) is 10.0 Å². The minimum absolute atomic E-state index is 0.000288. The molecule has 1 heterocycles. The zero-order chi connectivity index (χ0) is 14.6. The molecule has 0 aliphatic carbocycles. The van der Waals surface area contributed by atoms with E-state index >= 15 is 0 Å². The van der Waals surface area contributed by atoms with Crippen molar-refractivity contribution >= 4 is 10.0 Å². The third-order valence-electron chi connectivity index (χ3n) is 3.44. The van der Waals surface area contributed by atoms with Crippen molar-refractivity contribution in [2.45, 2.75) is 4.90 Å². The van der Waals surface area contributed by atoms with Crippen molar-refractivity contribution in [2.75, 3.05) is 46.3 Å². The molecule has 112 valence electrons. The summed E-state index contributed by atoms with van der Waals surface area (Å²) in [6, 6.07) is 5.11. The van der Waals surface area contributed by atoms with Gasteiger partial charge in [-0.05, 0) is 18.2 Å². The van der Waals surface area contributed by atoms with Gasteiger partial charge in [-0.25, -0.2) is 12.8 Å². The molecule has 0 saturated carbocycles. The van der Waals surface area contributed by atoms with Crippen molar-refractivity contribution in [1.29, 1.82) is 0 Å². The summed E-state index contributed by atoms with van der Waals surface area (Å²) in [4.78, 5) is 2.22.